The van der Waals surface area contributed by atoms with Gasteiger partial charge in [-0.1, -0.05) is 55.4 Å². The molecule has 1 aliphatic heterocycles. The second-order valence-electron chi connectivity index (χ2n) is 7.12. The Morgan fingerprint density at radius 1 is 1.20 bits per heavy atom. The fourth-order valence-electron chi connectivity index (χ4n) is 2.45. The van der Waals surface area contributed by atoms with Gasteiger partial charge in [-0.25, -0.2) is 4.98 Å². The van der Waals surface area contributed by atoms with Crippen LogP contribution in [0.25, 0.3) is 0 Å². The van der Waals surface area contributed by atoms with Crippen LogP contribution in [0.2, 0.25) is 0 Å². The molecule has 1 fully saturated rings. The van der Waals surface area contributed by atoms with E-state index in [0.29, 0.717) is 29.3 Å². The summed E-state index contributed by atoms with van der Waals surface area (Å²) in [6.07, 6.45) is 1.25. The summed E-state index contributed by atoms with van der Waals surface area (Å²) in [4.78, 5) is 8.52. The average Bonchev–Trinajstić information content (AvgIpc) is 2.89. The summed E-state index contributed by atoms with van der Waals surface area (Å²) >= 11 is 0. The molecule has 2 heterocycles. The topological polar surface area (TPSA) is 81.1 Å². The molecule has 2 aliphatic rings. The van der Waals surface area contributed by atoms with E-state index >= 15 is 0 Å². The van der Waals surface area contributed by atoms with Crippen molar-refractivity contribution < 1.29 is 0 Å². The maximum atomic E-state index is 5.26. The molecule has 0 radical (unpaired) electrons. The highest BCUT2D eigenvalue weighted by Crippen LogP contribution is 2.57. The molecule has 1 aromatic heterocycles. The molecule has 0 amide bonds. The second-order valence-corrected chi connectivity index (χ2v) is 7.12. The molecular formula is C19H40N6. The number of nitrogens with zero attached hydrogens (tertiary/aromatic N) is 4. The minimum atomic E-state index is 0.428. The van der Waals surface area contributed by atoms with Crippen LogP contribution in [0.1, 0.15) is 92.2 Å². The van der Waals surface area contributed by atoms with Gasteiger partial charge in [0.25, 0.3) is 0 Å². The van der Waals surface area contributed by atoms with Gasteiger partial charge in [-0.05, 0) is 18.8 Å². The summed E-state index contributed by atoms with van der Waals surface area (Å²) in [6, 6.07) is 0.444. The van der Waals surface area contributed by atoms with Gasteiger partial charge in [0, 0.05) is 24.9 Å². The highest BCUT2D eigenvalue weighted by Gasteiger charge is 2.49. The maximum Gasteiger partial charge on any atom is 0.188 e. The molecule has 3 rings (SSSR count). The Morgan fingerprint density at radius 3 is 1.96 bits per heavy atom. The van der Waals surface area contributed by atoms with Crippen LogP contribution < -0.4 is 11.1 Å². The van der Waals surface area contributed by atoms with Gasteiger partial charge in [-0.15, -0.1) is 0 Å². The Bertz CT molecular complexity index is 530. The lowest BCUT2D eigenvalue weighted by atomic mass is 10.1. The number of rotatable bonds is 2. The second kappa shape index (κ2) is 10.4. The molecule has 0 bridgehead atoms. The fraction of sp³-hybridized carbons (Fsp3) is 0.842. The summed E-state index contributed by atoms with van der Waals surface area (Å²) in [5, 5.41) is 7.39. The molecule has 2 atom stereocenters. The summed E-state index contributed by atoms with van der Waals surface area (Å²) < 4.78 is 1.95. The van der Waals surface area contributed by atoms with Crippen molar-refractivity contribution in [2.24, 2.45) is 23.2 Å². The van der Waals surface area contributed by atoms with Crippen molar-refractivity contribution in [3.05, 3.63) is 11.6 Å². The van der Waals surface area contributed by atoms with Crippen LogP contribution in [-0.2, 0) is 7.05 Å². The van der Waals surface area contributed by atoms with Crippen molar-refractivity contribution >= 4 is 5.96 Å². The minimum absolute atomic E-state index is 0.428. The number of nitrogens with one attached hydrogen (secondary N) is 1. The minimum Gasteiger partial charge on any atom is -0.370 e. The van der Waals surface area contributed by atoms with E-state index in [-0.39, 0.29) is 0 Å². The number of aryl methyl sites for hydroxylation is 1. The molecule has 146 valence electrons. The Kier molecular flexibility index (Phi) is 9.75. The molecule has 1 saturated carbocycles. The molecule has 1 aliphatic carbocycles. The first-order chi connectivity index (χ1) is 11.7. The smallest absolute Gasteiger partial charge is 0.188 e. The molecule has 0 aromatic carbocycles. The Morgan fingerprint density at radius 2 is 1.72 bits per heavy atom. The van der Waals surface area contributed by atoms with Gasteiger partial charge in [-0.3, -0.25) is 9.67 Å². The Hall–Kier alpha value is -1.59. The Balaban J connectivity index is 0.000000441. The zero-order chi connectivity index (χ0) is 19.8. The predicted octanol–water partition coefficient (Wildman–Crippen LogP) is 3.80. The first-order valence-electron chi connectivity index (χ1n) is 9.68. The summed E-state index contributed by atoms with van der Waals surface area (Å²) in [6.45, 7) is 19.7. The van der Waals surface area contributed by atoms with E-state index in [1.165, 1.54) is 12.2 Å². The van der Waals surface area contributed by atoms with Gasteiger partial charge >= 0.3 is 0 Å². The van der Waals surface area contributed by atoms with Gasteiger partial charge in [0.1, 0.15) is 5.82 Å². The van der Waals surface area contributed by atoms with Crippen LogP contribution in [-0.4, -0.2) is 33.3 Å². The standard InChI is InChI=1S/C11H19N3.C4H9N3.2C2H6/c1-7(2)9-12-10(14(5)13-9)8-6-11(8,3)4;1-3-2-6-4(5)7-3;2*1-2/h7-8H,6H2,1-5H3;3H,2H2,1H3,(H3,5,6,7);2*1-2H3/t8-;;;/m0.../s1. The first-order valence-corrected chi connectivity index (χ1v) is 9.68. The van der Waals surface area contributed by atoms with Crippen molar-refractivity contribution in [3.63, 3.8) is 0 Å². The van der Waals surface area contributed by atoms with E-state index in [4.69, 9.17) is 5.73 Å². The lowest BCUT2D eigenvalue weighted by Crippen LogP contribution is -2.32. The van der Waals surface area contributed by atoms with Crippen molar-refractivity contribution in [3.8, 4) is 0 Å². The van der Waals surface area contributed by atoms with E-state index in [1.54, 1.807) is 0 Å². The number of aliphatic imine (C=N–C) groups is 1. The van der Waals surface area contributed by atoms with E-state index in [1.807, 2.05) is 46.3 Å². The van der Waals surface area contributed by atoms with E-state index in [2.05, 4.69) is 48.1 Å². The molecule has 0 spiro atoms. The van der Waals surface area contributed by atoms with Crippen LogP contribution in [0, 0.1) is 5.41 Å². The quantitative estimate of drug-likeness (QED) is 0.848. The predicted molar refractivity (Wildman–Crippen MR) is 108 cm³/mol. The third kappa shape index (κ3) is 7.04. The largest absolute Gasteiger partial charge is 0.370 e. The Labute approximate surface area is 154 Å². The van der Waals surface area contributed by atoms with Gasteiger partial charge in [0.2, 0.25) is 0 Å². The third-order valence-electron chi connectivity index (χ3n) is 4.08. The van der Waals surface area contributed by atoms with Crippen LogP contribution in [0.3, 0.4) is 0 Å². The SMILES string of the molecule is CC.CC.CC(C)c1nc([C@@H]2CC2(C)C)n(C)n1.CC1CN=C(N)N1. The lowest BCUT2D eigenvalue weighted by Gasteiger charge is -2.01. The van der Waals surface area contributed by atoms with Gasteiger partial charge in [0.15, 0.2) is 11.8 Å². The van der Waals surface area contributed by atoms with Crippen LogP contribution in [0.4, 0.5) is 0 Å². The molecule has 1 unspecified atom stereocenters. The summed E-state index contributed by atoms with van der Waals surface area (Å²) in [5.41, 5.74) is 5.70. The number of aromatic nitrogens is 3. The van der Waals surface area contributed by atoms with E-state index in [9.17, 15) is 0 Å². The van der Waals surface area contributed by atoms with Crippen molar-refractivity contribution in [1.82, 2.24) is 20.1 Å². The summed E-state index contributed by atoms with van der Waals surface area (Å²) in [5.74, 6) is 3.76. The fourth-order valence-corrected chi connectivity index (χ4v) is 2.45. The average molecular weight is 353 g/mol. The number of guanidine groups is 1. The number of hydrogen-bond acceptors (Lipinski definition) is 5. The molecule has 25 heavy (non-hydrogen) atoms. The zero-order valence-corrected chi connectivity index (χ0v) is 18.0. The van der Waals surface area contributed by atoms with Gasteiger partial charge < -0.3 is 11.1 Å². The highest BCUT2D eigenvalue weighted by atomic mass is 15.3. The van der Waals surface area contributed by atoms with Gasteiger partial charge in [-0.2, -0.15) is 5.10 Å². The lowest BCUT2D eigenvalue weighted by molar-refractivity contribution is 0.585. The molecule has 3 N–H and O–H groups in total. The van der Waals surface area contributed by atoms with Crippen LogP contribution in [0.15, 0.2) is 4.99 Å². The number of nitrogens with two attached hydrogens (primary N) is 1. The van der Waals surface area contributed by atoms with Gasteiger partial charge in [0.05, 0.1) is 6.54 Å². The molecule has 1 aromatic rings. The zero-order valence-electron chi connectivity index (χ0n) is 18.0. The number of hydrogen-bond donors (Lipinski definition) is 2. The normalized spacial score (nSPS) is 22.3. The molecule has 0 saturated heterocycles. The molecular weight excluding hydrogens is 312 g/mol. The molecule has 6 heteroatoms. The summed E-state index contributed by atoms with van der Waals surface area (Å²) in [7, 11) is 2.00. The monoisotopic (exact) mass is 352 g/mol. The van der Waals surface area contributed by atoms with Crippen molar-refractivity contribution in [2.75, 3.05) is 6.54 Å². The maximum absolute atomic E-state index is 5.26. The van der Waals surface area contributed by atoms with Crippen LogP contribution >= 0.6 is 0 Å². The van der Waals surface area contributed by atoms with Crippen molar-refractivity contribution in [2.45, 2.75) is 86.6 Å². The van der Waals surface area contributed by atoms with Crippen molar-refractivity contribution in [1.29, 1.82) is 0 Å². The van der Waals surface area contributed by atoms with E-state index in [0.717, 1.165) is 12.4 Å². The first kappa shape index (κ1) is 23.4. The van der Waals surface area contributed by atoms with E-state index < -0.39 is 0 Å². The molecule has 6 nitrogen and oxygen atoms in total. The van der Waals surface area contributed by atoms with Crippen LogP contribution in [0.5, 0.6) is 0 Å². The third-order valence-corrected chi connectivity index (χ3v) is 4.08. The highest BCUT2D eigenvalue weighted by molar-refractivity contribution is 5.79.